The molecule has 1 atom stereocenters. The van der Waals surface area contributed by atoms with Gasteiger partial charge in [0, 0.05) is 42.3 Å². The third-order valence-electron chi connectivity index (χ3n) is 4.57. The van der Waals surface area contributed by atoms with Gasteiger partial charge in [0.1, 0.15) is 5.75 Å². The van der Waals surface area contributed by atoms with Crippen molar-refractivity contribution >= 4 is 33.4 Å². The quantitative estimate of drug-likeness (QED) is 0.749. The fraction of sp³-hybridized carbons (Fsp3) is 0.300. The number of nitrogens with zero attached hydrogens (tertiary/aromatic N) is 2. The lowest BCUT2D eigenvalue weighted by Gasteiger charge is -2.22. The molecule has 0 N–H and O–H groups in total. The van der Waals surface area contributed by atoms with Gasteiger partial charge < -0.3 is 14.5 Å². The molecule has 1 aliphatic heterocycles. The van der Waals surface area contributed by atoms with Gasteiger partial charge in [0.25, 0.3) is 0 Å². The zero-order valence-corrected chi connectivity index (χ0v) is 16.4. The summed E-state index contributed by atoms with van der Waals surface area (Å²) in [5.41, 5.74) is 1.76. The highest BCUT2D eigenvalue weighted by molar-refractivity contribution is 9.10. The van der Waals surface area contributed by atoms with Crippen LogP contribution in [0.2, 0.25) is 0 Å². The maximum Gasteiger partial charge on any atom is 0.228 e. The Bertz CT molecular complexity index is 824. The van der Waals surface area contributed by atoms with Crippen LogP contribution in [-0.4, -0.2) is 37.4 Å². The number of carbonyl (C=O) groups excluding carboxylic acids is 2. The number of hydrogen-bond donors (Lipinski definition) is 0. The number of anilines is 1. The Labute approximate surface area is 161 Å². The summed E-state index contributed by atoms with van der Waals surface area (Å²) < 4.78 is 6.26. The Morgan fingerprint density at radius 1 is 1.27 bits per heavy atom. The summed E-state index contributed by atoms with van der Waals surface area (Å²) in [4.78, 5) is 28.6. The summed E-state index contributed by atoms with van der Waals surface area (Å²) in [5.74, 6) is 0.375. The highest BCUT2D eigenvalue weighted by Crippen LogP contribution is 2.28. The van der Waals surface area contributed by atoms with Gasteiger partial charge in [-0.05, 0) is 24.3 Å². The fourth-order valence-electron chi connectivity index (χ4n) is 3.25. The average molecular weight is 417 g/mol. The number of halogens is 1. The van der Waals surface area contributed by atoms with Crippen LogP contribution >= 0.6 is 15.9 Å². The number of ether oxygens (including phenoxy) is 1. The summed E-state index contributed by atoms with van der Waals surface area (Å²) in [6, 6.07) is 15.2. The van der Waals surface area contributed by atoms with Crippen LogP contribution in [0.3, 0.4) is 0 Å². The van der Waals surface area contributed by atoms with Gasteiger partial charge in [-0.3, -0.25) is 9.59 Å². The molecule has 2 aromatic rings. The number of para-hydroxylation sites is 1. The minimum atomic E-state index is -0.332. The van der Waals surface area contributed by atoms with Gasteiger partial charge in [-0.2, -0.15) is 0 Å². The molecule has 1 aliphatic rings. The maximum absolute atomic E-state index is 12.8. The third kappa shape index (κ3) is 3.90. The summed E-state index contributed by atoms with van der Waals surface area (Å²) >= 11 is 3.42. The van der Waals surface area contributed by atoms with Crippen molar-refractivity contribution in [2.75, 3.05) is 25.6 Å². The molecule has 0 aliphatic carbocycles. The number of methoxy groups -OCH3 is 1. The van der Waals surface area contributed by atoms with Gasteiger partial charge in [-0.25, -0.2) is 0 Å². The minimum absolute atomic E-state index is 0.0212. The van der Waals surface area contributed by atoms with E-state index in [0.29, 0.717) is 13.1 Å². The van der Waals surface area contributed by atoms with Crippen LogP contribution in [0, 0.1) is 5.92 Å². The van der Waals surface area contributed by atoms with Gasteiger partial charge in [-0.15, -0.1) is 0 Å². The van der Waals surface area contributed by atoms with Gasteiger partial charge in [0.05, 0.1) is 13.0 Å². The number of rotatable bonds is 5. The lowest BCUT2D eigenvalue weighted by atomic mass is 10.1. The normalized spacial score (nSPS) is 16.7. The van der Waals surface area contributed by atoms with Crippen LogP contribution in [-0.2, 0) is 16.1 Å². The standard InChI is InChI=1S/C20H21BrN2O3/c1-22(12-14-6-3-4-9-18(14)26-2)20(25)15-10-19(24)23(13-15)17-8-5-7-16(21)11-17/h3-9,11,15H,10,12-13H2,1-2H3. The van der Waals surface area contributed by atoms with Gasteiger partial charge >= 0.3 is 0 Å². The molecule has 0 aromatic heterocycles. The van der Waals surface area contributed by atoms with Crippen molar-refractivity contribution < 1.29 is 14.3 Å². The lowest BCUT2D eigenvalue weighted by Crippen LogP contribution is -2.34. The molecule has 1 saturated heterocycles. The molecule has 1 fully saturated rings. The molecular formula is C20H21BrN2O3. The van der Waals surface area contributed by atoms with Gasteiger partial charge in [0.2, 0.25) is 11.8 Å². The number of benzene rings is 2. The van der Waals surface area contributed by atoms with E-state index in [2.05, 4.69) is 15.9 Å². The van der Waals surface area contributed by atoms with E-state index in [1.165, 1.54) is 0 Å². The van der Waals surface area contributed by atoms with E-state index in [-0.39, 0.29) is 24.2 Å². The molecule has 6 heteroatoms. The summed E-state index contributed by atoms with van der Waals surface area (Å²) in [7, 11) is 3.38. The van der Waals surface area contributed by atoms with Crippen molar-refractivity contribution in [3.05, 3.63) is 58.6 Å². The molecule has 2 amide bonds. The first-order chi connectivity index (χ1) is 12.5. The Kier molecular flexibility index (Phi) is 5.61. The fourth-order valence-corrected chi connectivity index (χ4v) is 3.63. The third-order valence-corrected chi connectivity index (χ3v) is 5.06. The number of amides is 2. The molecule has 0 saturated carbocycles. The van der Waals surface area contributed by atoms with E-state index in [9.17, 15) is 9.59 Å². The smallest absolute Gasteiger partial charge is 0.228 e. The van der Waals surface area contributed by atoms with Crippen molar-refractivity contribution in [1.82, 2.24) is 4.90 Å². The van der Waals surface area contributed by atoms with Crippen molar-refractivity contribution in [3.8, 4) is 5.75 Å². The number of hydrogen-bond acceptors (Lipinski definition) is 3. The van der Waals surface area contributed by atoms with Crippen LogP contribution in [0.5, 0.6) is 5.75 Å². The lowest BCUT2D eigenvalue weighted by molar-refractivity contribution is -0.135. The Balaban J connectivity index is 1.69. The van der Waals surface area contributed by atoms with Crippen LogP contribution in [0.15, 0.2) is 53.0 Å². The van der Waals surface area contributed by atoms with Crippen LogP contribution in [0.4, 0.5) is 5.69 Å². The van der Waals surface area contributed by atoms with Crippen molar-refractivity contribution in [1.29, 1.82) is 0 Å². The molecule has 3 rings (SSSR count). The van der Waals surface area contributed by atoms with Crippen LogP contribution in [0.1, 0.15) is 12.0 Å². The van der Waals surface area contributed by atoms with Crippen molar-refractivity contribution in [3.63, 3.8) is 0 Å². The van der Waals surface area contributed by atoms with E-state index in [1.54, 1.807) is 24.0 Å². The molecule has 0 bridgehead atoms. The molecule has 136 valence electrons. The highest BCUT2D eigenvalue weighted by atomic mass is 79.9. The van der Waals surface area contributed by atoms with Gasteiger partial charge in [-0.1, -0.05) is 40.2 Å². The maximum atomic E-state index is 12.8. The molecule has 1 heterocycles. The Hall–Kier alpha value is -2.34. The second-order valence-electron chi connectivity index (χ2n) is 6.39. The Morgan fingerprint density at radius 3 is 2.77 bits per heavy atom. The molecule has 0 radical (unpaired) electrons. The highest BCUT2D eigenvalue weighted by Gasteiger charge is 2.36. The minimum Gasteiger partial charge on any atom is -0.496 e. The summed E-state index contributed by atoms with van der Waals surface area (Å²) in [5, 5.41) is 0. The molecular weight excluding hydrogens is 396 g/mol. The molecule has 26 heavy (non-hydrogen) atoms. The largest absolute Gasteiger partial charge is 0.496 e. The molecule has 1 unspecified atom stereocenters. The topological polar surface area (TPSA) is 49.9 Å². The van der Waals surface area contributed by atoms with Gasteiger partial charge in [0.15, 0.2) is 0 Å². The van der Waals surface area contributed by atoms with Crippen molar-refractivity contribution in [2.24, 2.45) is 5.92 Å². The van der Waals surface area contributed by atoms with E-state index in [0.717, 1.165) is 21.5 Å². The van der Waals surface area contributed by atoms with Crippen molar-refractivity contribution in [2.45, 2.75) is 13.0 Å². The van der Waals surface area contributed by atoms with E-state index < -0.39 is 0 Å². The Morgan fingerprint density at radius 2 is 2.04 bits per heavy atom. The molecule has 0 spiro atoms. The first kappa shape index (κ1) is 18.5. The van der Waals surface area contributed by atoms with Crippen LogP contribution in [0.25, 0.3) is 0 Å². The van der Waals surface area contributed by atoms with E-state index in [4.69, 9.17) is 4.74 Å². The van der Waals surface area contributed by atoms with E-state index in [1.807, 2.05) is 48.5 Å². The first-order valence-corrected chi connectivity index (χ1v) is 9.21. The SMILES string of the molecule is COc1ccccc1CN(C)C(=O)C1CC(=O)N(c2cccc(Br)c2)C1. The average Bonchev–Trinajstić information content (AvgIpc) is 3.03. The molecule has 2 aromatic carbocycles. The second-order valence-corrected chi connectivity index (χ2v) is 7.31. The monoisotopic (exact) mass is 416 g/mol. The summed E-state index contributed by atoms with van der Waals surface area (Å²) in [6.45, 7) is 0.856. The van der Waals surface area contributed by atoms with E-state index >= 15 is 0 Å². The second kappa shape index (κ2) is 7.91. The predicted octanol–water partition coefficient (Wildman–Crippen LogP) is 3.47. The van der Waals surface area contributed by atoms with Crippen LogP contribution < -0.4 is 9.64 Å². The molecule has 5 nitrogen and oxygen atoms in total. The summed E-state index contributed by atoms with van der Waals surface area (Å²) in [6.07, 6.45) is 0.238. The first-order valence-electron chi connectivity index (χ1n) is 8.42. The zero-order valence-electron chi connectivity index (χ0n) is 14.8. The number of carbonyl (C=O) groups is 2. The zero-order chi connectivity index (χ0) is 18.7. The predicted molar refractivity (Wildman–Crippen MR) is 104 cm³/mol.